The van der Waals surface area contributed by atoms with Crippen molar-refractivity contribution in [2.75, 3.05) is 22.5 Å². The molecule has 4 aromatic rings. The van der Waals surface area contributed by atoms with E-state index in [1.165, 1.54) is 11.6 Å². The predicted molar refractivity (Wildman–Crippen MR) is 124 cm³/mol. The number of aromatic nitrogens is 4. The molecule has 2 aromatic carbocycles. The molecule has 0 spiro atoms. The lowest BCUT2D eigenvalue weighted by Crippen LogP contribution is -2.17. The minimum atomic E-state index is -0.220. The molecule has 0 unspecified atom stereocenters. The third kappa shape index (κ3) is 5.01. The van der Waals surface area contributed by atoms with Gasteiger partial charge < -0.3 is 16.8 Å². The Bertz CT molecular complexity index is 1190. The molecular formula is C22H21N7OS. The van der Waals surface area contributed by atoms with Gasteiger partial charge in [0.25, 0.3) is 0 Å². The van der Waals surface area contributed by atoms with Crippen molar-refractivity contribution in [1.82, 2.24) is 19.7 Å². The highest BCUT2D eigenvalue weighted by molar-refractivity contribution is 7.99. The molecule has 1 amide bonds. The first kappa shape index (κ1) is 20.4. The van der Waals surface area contributed by atoms with Crippen molar-refractivity contribution in [3.8, 4) is 16.9 Å². The van der Waals surface area contributed by atoms with Gasteiger partial charge in [0.15, 0.2) is 5.16 Å². The largest absolute Gasteiger partial charge is 0.383 e. The third-order valence-corrected chi connectivity index (χ3v) is 5.25. The van der Waals surface area contributed by atoms with Crippen molar-refractivity contribution in [2.45, 2.75) is 12.1 Å². The van der Waals surface area contributed by atoms with Gasteiger partial charge in [-0.1, -0.05) is 59.8 Å². The van der Waals surface area contributed by atoms with Gasteiger partial charge in [0.1, 0.15) is 17.5 Å². The Labute approximate surface area is 183 Å². The normalized spacial score (nSPS) is 10.7. The zero-order valence-corrected chi connectivity index (χ0v) is 17.6. The number of anilines is 3. The van der Waals surface area contributed by atoms with Gasteiger partial charge in [0, 0.05) is 17.7 Å². The number of nitrogens with one attached hydrogen (secondary N) is 1. The summed E-state index contributed by atoms with van der Waals surface area (Å²) in [5.41, 5.74) is 15.1. The van der Waals surface area contributed by atoms with Crippen LogP contribution in [0.3, 0.4) is 0 Å². The molecule has 0 saturated heterocycles. The molecule has 0 aliphatic rings. The van der Waals surface area contributed by atoms with E-state index in [2.05, 4.69) is 15.3 Å². The van der Waals surface area contributed by atoms with E-state index in [0.29, 0.717) is 11.0 Å². The first-order valence-electron chi connectivity index (χ1n) is 9.53. The number of hydrogen-bond acceptors (Lipinski definition) is 7. The highest BCUT2D eigenvalue weighted by atomic mass is 32.2. The van der Waals surface area contributed by atoms with Gasteiger partial charge in [0.2, 0.25) is 5.91 Å². The lowest BCUT2D eigenvalue weighted by Gasteiger charge is -2.08. The lowest BCUT2D eigenvalue weighted by atomic mass is 10.1. The van der Waals surface area contributed by atoms with Crippen LogP contribution in [0.1, 0.15) is 5.56 Å². The molecule has 31 heavy (non-hydrogen) atoms. The van der Waals surface area contributed by atoms with Crippen LogP contribution < -0.4 is 16.8 Å². The predicted octanol–water partition coefficient (Wildman–Crippen LogP) is 3.53. The second-order valence-corrected chi connectivity index (χ2v) is 7.81. The molecule has 0 bridgehead atoms. The Morgan fingerprint density at radius 2 is 1.68 bits per heavy atom. The summed E-state index contributed by atoms with van der Waals surface area (Å²) < 4.78 is 1.72. The van der Waals surface area contributed by atoms with E-state index >= 15 is 0 Å². The Kier molecular flexibility index (Phi) is 5.85. The van der Waals surface area contributed by atoms with E-state index in [1.54, 1.807) is 4.68 Å². The summed E-state index contributed by atoms with van der Waals surface area (Å²) in [6.45, 7) is 2.04. The summed E-state index contributed by atoms with van der Waals surface area (Å²) >= 11 is 1.16. The summed E-state index contributed by atoms with van der Waals surface area (Å²) in [4.78, 5) is 20.8. The maximum absolute atomic E-state index is 12.6. The highest BCUT2D eigenvalue weighted by Gasteiger charge is 2.15. The number of thioether (sulfide) groups is 1. The number of nitrogen functional groups attached to an aromatic ring is 2. The van der Waals surface area contributed by atoms with Crippen molar-refractivity contribution in [2.24, 2.45) is 0 Å². The third-order valence-electron chi connectivity index (χ3n) is 4.40. The number of para-hydroxylation sites is 1. The van der Waals surface area contributed by atoms with E-state index in [9.17, 15) is 4.79 Å². The van der Waals surface area contributed by atoms with Gasteiger partial charge in [-0.3, -0.25) is 4.79 Å². The van der Waals surface area contributed by atoms with Crippen LogP contribution in [0.5, 0.6) is 0 Å². The first-order chi connectivity index (χ1) is 15.0. The fourth-order valence-corrected chi connectivity index (χ4v) is 3.61. The second kappa shape index (κ2) is 8.88. The Morgan fingerprint density at radius 3 is 2.35 bits per heavy atom. The molecule has 4 rings (SSSR count). The SMILES string of the molecule is Cc1ccc(-c2cc(NC(=O)CSc3nc(N)cc(N)n3)n(-c3ccccc3)n2)cc1. The van der Waals surface area contributed by atoms with Crippen molar-refractivity contribution >= 4 is 35.1 Å². The highest BCUT2D eigenvalue weighted by Crippen LogP contribution is 2.25. The van der Waals surface area contributed by atoms with Crippen LogP contribution in [-0.4, -0.2) is 31.4 Å². The number of nitrogens with two attached hydrogens (primary N) is 2. The van der Waals surface area contributed by atoms with Crippen molar-refractivity contribution in [3.63, 3.8) is 0 Å². The molecule has 156 valence electrons. The Balaban J connectivity index is 1.57. The number of rotatable bonds is 6. The lowest BCUT2D eigenvalue weighted by molar-refractivity contribution is -0.113. The van der Waals surface area contributed by atoms with Crippen LogP contribution in [0.15, 0.2) is 71.9 Å². The molecule has 0 aliphatic carbocycles. The van der Waals surface area contributed by atoms with Crippen LogP contribution in [0.25, 0.3) is 16.9 Å². The van der Waals surface area contributed by atoms with Crippen molar-refractivity contribution < 1.29 is 4.79 Å². The average Bonchev–Trinajstić information content (AvgIpc) is 3.16. The fourth-order valence-electron chi connectivity index (χ4n) is 2.94. The second-order valence-electron chi connectivity index (χ2n) is 6.87. The minimum absolute atomic E-state index is 0.0999. The quantitative estimate of drug-likeness (QED) is 0.315. The standard InChI is InChI=1S/C22H21N7OS/c1-14-7-9-15(10-8-14)17-11-20(29(28-17)16-5-3-2-4-6-16)27-21(30)13-31-22-25-18(23)12-19(24)26-22/h2-12H,13H2,1H3,(H,27,30)(H4,23,24,25,26). The van der Waals surface area contributed by atoms with Gasteiger partial charge >= 0.3 is 0 Å². The van der Waals surface area contributed by atoms with Crippen molar-refractivity contribution in [3.05, 3.63) is 72.3 Å². The summed E-state index contributed by atoms with van der Waals surface area (Å²) in [6, 6.07) is 21.0. The smallest absolute Gasteiger partial charge is 0.236 e. The van der Waals surface area contributed by atoms with Crippen LogP contribution in [-0.2, 0) is 4.79 Å². The molecule has 2 heterocycles. The molecule has 0 fully saturated rings. The van der Waals surface area contributed by atoms with Crippen LogP contribution in [0.4, 0.5) is 17.5 Å². The van der Waals surface area contributed by atoms with Crippen LogP contribution in [0, 0.1) is 6.92 Å². The van der Waals surface area contributed by atoms with Gasteiger partial charge in [-0.2, -0.15) is 5.10 Å². The summed E-state index contributed by atoms with van der Waals surface area (Å²) in [5.74, 6) is 0.978. The number of hydrogen-bond donors (Lipinski definition) is 3. The van der Waals surface area contributed by atoms with Gasteiger partial charge in [-0.05, 0) is 19.1 Å². The van der Waals surface area contributed by atoms with Gasteiger partial charge in [-0.25, -0.2) is 14.6 Å². The maximum atomic E-state index is 12.6. The molecular weight excluding hydrogens is 410 g/mol. The zero-order chi connectivity index (χ0) is 21.8. The maximum Gasteiger partial charge on any atom is 0.236 e. The van der Waals surface area contributed by atoms with Gasteiger partial charge in [0.05, 0.1) is 17.1 Å². The van der Waals surface area contributed by atoms with E-state index in [0.717, 1.165) is 28.7 Å². The summed E-state index contributed by atoms with van der Waals surface area (Å²) in [7, 11) is 0. The Morgan fingerprint density at radius 1 is 1.00 bits per heavy atom. The number of carbonyl (C=O) groups excluding carboxylic acids is 1. The van der Waals surface area contributed by atoms with Crippen LogP contribution in [0.2, 0.25) is 0 Å². The molecule has 0 radical (unpaired) electrons. The topological polar surface area (TPSA) is 125 Å². The molecule has 0 aliphatic heterocycles. The van der Waals surface area contributed by atoms with Gasteiger partial charge in [-0.15, -0.1) is 0 Å². The van der Waals surface area contributed by atoms with E-state index in [1.807, 2.05) is 67.6 Å². The number of amides is 1. The molecule has 9 heteroatoms. The molecule has 0 atom stereocenters. The average molecular weight is 432 g/mol. The molecule has 8 nitrogen and oxygen atoms in total. The number of benzene rings is 2. The van der Waals surface area contributed by atoms with E-state index in [4.69, 9.17) is 16.6 Å². The van der Waals surface area contributed by atoms with Crippen molar-refractivity contribution in [1.29, 1.82) is 0 Å². The Hall–Kier alpha value is -3.85. The number of aryl methyl sites for hydroxylation is 1. The van der Waals surface area contributed by atoms with E-state index < -0.39 is 0 Å². The first-order valence-corrected chi connectivity index (χ1v) is 10.5. The number of carbonyl (C=O) groups is 1. The van der Waals surface area contributed by atoms with E-state index in [-0.39, 0.29) is 23.3 Å². The molecule has 2 aromatic heterocycles. The molecule has 5 N–H and O–H groups in total. The summed E-state index contributed by atoms with van der Waals surface area (Å²) in [6.07, 6.45) is 0. The monoisotopic (exact) mass is 431 g/mol. The number of nitrogens with zero attached hydrogens (tertiary/aromatic N) is 4. The zero-order valence-electron chi connectivity index (χ0n) is 16.8. The minimum Gasteiger partial charge on any atom is -0.383 e. The summed E-state index contributed by atoms with van der Waals surface area (Å²) in [5, 5.41) is 8.00. The fraction of sp³-hybridized carbons (Fsp3) is 0.0909. The molecule has 0 saturated carbocycles. The van der Waals surface area contributed by atoms with Crippen LogP contribution >= 0.6 is 11.8 Å².